The van der Waals surface area contributed by atoms with Crippen molar-refractivity contribution in [3.63, 3.8) is 0 Å². The summed E-state index contributed by atoms with van der Waals surface area (Å²) >= 11 is 0. The lowest BCUT2D eigenvalue weighted by atomic mass is 10.2. The first kappa shape index (κ1) is 15.8. The van der Waals surface area contributed by atoms with Crippen molar-refractivity contribution in [2.75, 3.05) is 56.9 Å². The molecule has 1 heterocycles. The summed E-state index contributed by atoms with van der Waals surface area (Å²) < 4.78 is 0. The minimum Gasteiger partial charge on any atom is -0.398 e. The number of anilines is 2. The summed E-state index contributed by atoms with van der Waals surface area (Å²) in [5.41, 5.74) is 8.27. The monoisotopic (exact) mass is 292 g/mol. The van der Waals surface area contributed by atoms with E-state index in [1.54, 1.807) is 6.07 Å². The Bertz CT molecular complexity index is 485. The van der Waals surface area contributed by atoms with Crippen LogP contribution in [0.15, 0.2) is 18.2 Å². The number of hydrogen-bond donors (Lipinski definition) is 3. The van der Waals surface area contributed by atoms with Gasteiger partial charge in [0.15, 0.2) is 0 Å². The molecule has 1 aromatic carbocycles. The van der Waals surface area contributed by atoms with Gasteiger partial charge in [-0.1, -0.05) is 6.07 Å². The lowest BCUT2D eigenvalue weighted by molar-refractivity contribution is -0.117. The average molecular weight is 292 g/mol. The Hall–Kier alpha value is -1.63. The molecule has 1 amide bonds. The van der Waals surface area contributed by atoms with E-state index in [0.717, 1.165) is 37.4 Å². The molecule has 0 bridgehead atoms. The van der Waals surface area contributed by atoms with Crippen LogP contribution in [0, 0.1) is 6.92 Å². The Balaban J connectivity index is 1.78. The second-order valence-corrected chi connectivity index (χ2v) is 5.46. The molecule has 6 nitrogen and oxygen atoms in total. The first-order chi connectivity index (χ1) is 10.1. The molecule has 0 aromatic heterocycles. The van der Waals surface area contributed by atoms with Gasteiger partial charge in [-0.25, -0.2) is 0 Å². The summed E-state index contributed by atoms with van der Waals surface area (Å²) in [6.45, 7) is 6.72. The van der Waals surface area contributed by atoms with Crippen molar-refractivity contribution >= 4 is 17.3 Å². The van der Waals surface area contributed by atoms with E-state index in [4.69, 9.17) is 10.8 Å². The van der Waals surface area contributed by atoms with Crippen LogP contribution in [0.3, 0.4) is 0 Å². The molecule has 1 aromatic rings. The first-order valence-electron chi connectivity index (χ1n) is 7.30. The van der Waals surface area contributed by atoms with Gasteiger partial charge >= 0.3 is 0 Å². The summed E-state index contributed by atoms with van der Waals surface area (Å²) in [5, 5.41) is 11.8. The maximum atomic E-state index is 12.0. The van der Waals surface area contributed by atoms with Crippen molar-refractivity contribution in [2.24, 2.45) is 0 Å². The van der Waals surface area contributed by atoms with Crippen LogP contribution in [0.1, 0.15) is 5.56 Å². The number of benzene rings is 1. The van der Waals surface area contributed by atoms with Crippen molar-refractivity contribution in [3.8, 4) is 0 Å². The van der Waals surface area contributed by atoms with Gasteiger partial charge in [0.2, 0.25) is 5.91 Å². The van der Waals surface area contributed by atoms with Gasteiger partial charge in [0, 0.05) is 44.1 Å². The molecule has 0 radical (unpaired) electrons. The lowest BCUT2D eigenvalue weighted by Gasteiger charge is -2.33. The van der Waals surface area contributed by atoms with Crippen molar-refractivity contribution in [1.82, 2.24) is 9.80 Å². The van der Waals surface area contributed by atoms with E-state index < -0.39 is 0 Å². The van der Waals surface area contributed by atoms with Crippen LogP contribution in [0.5, 0.6) is 0 Å². The molecular weight excluding hydrogens is 268 g/mol. The third-order valence-corrected chi connectivity index (χ3v) is 3.81. The fourth-order valence-corrected chi connectivity index (χ4v) is 2.43. The lowest BCUT2D eigenvalue weighted by Crippen LogP contribution is -2.49. The number of nitrogens with zero attached hydrogens (tertiary/aromatic N) is 2. The SMILES string of the molecule is Cc1ccc(NC(=O)CN2CCN(CCO)CC2)cc1N. The highest BCUT2D eigenvalue weighted by Crippen LogP contribution is 2.16. The number of hydrogen-bond acceptors (Lipinski definition) is 5. The van der Waals surface area contributed by atoms with Gasteiger partial charge in [-0.05, 0) is 24.6 Å². The number of nitrogens with one attached hydrogen (secondary N) is 1. The van der Waals surface area contributed by atoms with Crippen molar-refractivity contribution in [2.45, 2.75) is 6.92 Å². The van der Waals surface area contributed by atoms with Crippen molar-refractivity contribution in [1.29, 1.82) is 0 Å². The Morgan fingerprint density at radius 1 is 1.29 bits per heavy atom. The minimum atomic E-state index is -0.0196. The molecule has 1 aliphatic rings. The van der Waals surface area contributed by atoms with E-state index >= 15 is 0 Å². The Labute approximate surface area is 125 Å². The van der Waals surface area contributed by atoms with Gasteiger partial charge in [-0.15, -0.1) is 0 Å². The molecule has 0 atom stereocenters. The zero-order valence-electron chi connectivity index (χ0n) is 12.5. The average Bonchev–Trinajstić information content (AvgIpc) is 2.45. The van der Waals surface area contributed by atoms with Crippen LogP contribution in [-0.2, 0) is 4.79 Å². The van der Waals surface area contributed by atoms with Gasteiger partial charge in [0.05, 0.1) is 13.2 Å². The predicted octanol–water partition coefficient (Wildman–Crippen LogP) is 0.126. The largest absolute Gasteiger partial charge is 0.398 e. The van der Waals surface area contributed by atoms with E-state index in [1.165, 1.54) is 0 Å². The van der Waals surface area contributed by atoms with Crippen LogP contribution in [-0.4, -0.2) is 66.7 Å². The van der Waals surface area contributed by atoms with Gasteiger partial charge in [-0.3, -0.25) is 14.6 Å². The standard InChI is InChI=1S/C15H24N4O2/c1-12-2-3-13(10-14(12)16)17-15(21)11-19-6-4-18(5-7-19)8-9-20/h2-3,10,20H,4-9,11,16H2,1H3,(H,17,21). The molecule has 116 valence electrons. The zero-order valence-corrected chi connectivity index (χ0v) is 12.5. The number of nitrogen functional groups attached to an aromatic ring is 1. The molecular formula is C15H24N4O2. The number of aryl methyl sites for hydroxylation is 1. The van der Waals surface area contributed by atoms with Crippen LogP contribution >= 0.6 is 0 Å². The normalized spacial score (nSPS) is 16.9. The molecule has 1 fully saturated rings. The van der Waals surface area contributed by atoms with E-state index in [9.17, 15) is 4.79 Å². The molecule has 0 aliphatic carbocycles. The fourth-order valence-electron chi connectivity index (χ4n) is 2.43. The third kappa shape index (κ3) is 4.70. The Kier molecular flexibility index (Phi) is 5.55. The molecule has 6 heteroatoms. The number of carbonyl (C=O) groups excluding carboxylic acids is 1. The number of aliphatic hydroxyl groups excluding tert-OH is 1. The first-order valence-corrected chi connectivity index (χ1v) is 7.30. The number of amides is 1. The summed E-state index contributed by atoms with van der Waals surface area (Å²) in [5.74, 6) is -0.0196. The molecule has 1 aliphatic heterocycles. The van der Waals surface area contributed by atoms with E-state index in [2.05, 4.69) is 15.1 Å². The fraction of sp³-hybridized carbons (Fsp3) is 0.533. The number of β-amino-alcohol motifs (C(OH)–C–C–N with tert-alkyl or cyclic N) is 1. The maximum absolute atomic E-state index is 12.0. The van der Waals surface area contributed by atoms with Crippen LogP contribution in [0.2, 0.25) is 0 Å². The highest BCUT2D eigenvalue weighted by molar-refractivity contribution is 5.92. The number of carbonyl (C=O) groups is 1. The highest BCUT2D eigenvalue weighted by atomic mass is 16.3. The Morgan fingerprint density at radius 3 is 2.57 bits per heavy atom. The van der Waals surface area contributed by atoms with E-state index in [1.807, 2.05) is 19.1 Å². The molecule has 2 rings (SSSR count). The molecule has 1 saturated heterocycles. The van der Waals surface area contributed by atoms with Crippen LogP contribution in [0.25, 0.3) is 0 Å². The summed E-state index contributed by atoms with van der Waals surface area (Å²) in [4.78, 5) is 16.4. The quantitative estimate of drug-likeness (QED) is 0.672. The molecule has 0 unspecified atom stereocenters. The van der Waals surface area contributed by atoms with Gasteiger partial charge in [-0.2, -0.15) is 0 Å². The van der Waals surface area contributed by atoms with Crippen molar-refractivity contribution in [3.05, 3.63) is 23.8 Å². The highest BCUT2D eigenvalue weighted by Gasteiger charge is 2.18. The summed E-state index contributed by atoms with van der Waals surface area (Å²) in [6.07, 6.45) is 0. The smallest absolute Gasteiger partial charge is 0.238 e. The topological polar surface area (TPSA) is 81.8 Å². The predicted molar refractivity (Wildman–Crippen MR) is 84.2 cm³/mol. The summed E-state index contributed by atoms with van der Waals surface area (Å²) in [6, 6.07) is 5.55. The number of nitrogens with two attached hydrogens (primary N) is 1. The van der Waals surface area contributed by atoms with Crippen molar-refractivity contribution < 1.29 is 9.90 Å². The second-order valence-electron chi connectivity index (χ2n) is 5.46. The zero-order chi connectivity index (χ0) is 15.2. The van der Waals surface area contributed by atoms with Gasteiger partial charge in [0.1, 0.15) is 0 Å². The number of aliphatic hydroxyl groups is 1. The maximum Gasteiger partial charge on any atom is 0.238 e. The molecule has 0 spiro atoms. The molecule has 4 N–H and O–H groups in total. The van der Waals surface area contributed by atoms with Crippen LogP contribution in [0.4, 0.5) is 11.4 Å². The minimum absolute atomic E-state index is 0.0196. The molecule has 21 heavy (non-hydrogen) atoms. The van der Waals surface area contributed by atoms with E-state index in [0.29, 0.717) is 18.8 Å². The second kappa shape index (κ2) is 7.40. The Morgan fingerprint density at radius 2 is 1.95 bits per heavy atom. The van der Waals surface area contributed by atoms with Gasteiger partial charge in [0.25, 0.3) is 0 Å². The van der Waals surface area contributed by atoms with E-state index in [-0.39, 0.29) is 12.5 Å². The van der Waals surface area contributed by atoms with Crippen LogP contribution < -0.4 is 11.1 Å². The summed E-state index contributed by atoms with van der Waals surface area (Å²) in [7, 11) is 0. The number of rotatable bonds is 5. The number of piperazine rings is 1. The third-order valence-electron chi connectivity index (χ3n) is 3.81. The van der Waals surface area contributed by atoms with Gasteiger partial charge < -0.3 is 16.2 Å². The molecule has 0 saturated carbocycles.